The van der Waals surface area contributed by atoms with Crippen LogP contribution in [0.3, 0.4) is 0 Å². The number of phenols is 1. The third-order valence-electron chi connectivity index (χ3n) is 6.82. The lowest BCUT2D eigenvalue weighted by Crippen LogP contribution is -2.33. The Balaban J connectivity index is 1.81. The first-order chi connectivity index (χ1) is 16.8. The number of hydrogen-bond acceptors (Lipinski definition) is 6. The number of aliphatic hydroxyl groups excluding tert-OH is 1. The van der Waals surface area contributed by atoms with Crippen molar-refractivity contribution in [3.63, 3.8) is 0 Å². The summed E-state index contributed by atoms with van der Waals surface area (Å²) in [6.07, 6.45) is 3.67. The quantitative estimate of drug-likeness (QED) is 0.396. The van der Waals surface area contributed by atoms with Gasteiger partial charge < -0.3 is 15.1 Å². The van der Waals surface area contributed by atoms with Crippen LogP contribution >= 0.6 is 0 Å². The molecular weight excluding hydrogens is 450 g/mol. The summed E-state index contributed by atoms with van der Waals surface area (Å²) >= 11 is 0. The molecule has 1 aliphatic rings. The van der Waals surface area contributed by atoms with E-state index < -0.39 is 5.82 Å². The van der Waals surface area contributed by atoms with E-state index in [1.807, 2.05) is 25.7 Å². The second kappa shape index (κ2) is 9.00. The van der Waals surface area contributed by atoms with Crippen LogP contribution in [0, 0.1) is 11.6 Å². The molecule has 8 heteroatoms. The molecule has 0 bridgehead atoms. The van der Waals surface area contributed by atoms with E-state index >= 15 is 4.39 Å². The van der Waals surface area contributed by atoms with E-state index in [0.717, 1.165) is 12.8 Å². The summed E-state index contributed by atoms with van der Waals surface area (Å²) in [5.41, 5.74) is 0.876. The van der Waals surface area contributed by atoms with E-state index in [9.17, 15) is 14.6 Å². The summed E-state index contributed by atoms with van der Waals surface area (Å²) in [4.78, 5) is 15.7. The van der Waals surface area contributed by atoms with Gasteiger partial charge in [-0.1, -0.05) is 26.8 Å². The minimum atomic E-state index is -0.647. The van der Waals surface area contributed by atoms with Gasteiger partial charge in [-0.3, -0.25) is 4.98 Å². The van der Waals surface area contributed by atoms with Gasteiger partial charge in [-0.05, 0) is 53.8 Å². The number of aryl methyl sites for hydroxylation is 1. The molecule has 6 nitrogen and oxygen atoms in total. The van der Waals surface area contributed by atoms with Crippen LogP contribution < -0.4 is 4.90 Å². The zero-order valence-electron chi connectivity index (χ0n) is 20.0. The first kappa shape index (κ1) is 23.4. The summed E-state index contributed by atoms with van der Waals surface area (Å²) in [5.74, 6) is -0.0827. The fourth-order valence-electron chi connectivity index (χ4n) is 5.06. The number of fused-ring (bicyclic) bond motifs is 2. The number of aromatic hydroxyl groups is 1. The third kappa shape index (κ3) is 3.86. The van der Waals surface area contributed by atoms with E-state index in [1.54, 1.807) is 12.3 Å². The summed E-state index contributed by atoms with van der Waals surface area (Å²) in [5, 5.41) is 21.8. The van der Waals surface area contributed by atoms with Gasteiger partial charge in [-0.2, -0.15) is 0 Å². The van der Waals surface area contributed by atoms with Gasteiger partial charge in [0, 0.05) is 24.2 Å². The molecule has 35 heavy (non-hydrogen) atoms. The van der Waals surface area contributed by atoms with E-state index in [4.69, 9.17) is 4.98 Å². The Morgan fingerprint density at radius 1 is 1.17 bits per heavy atom. The summed E-state index contributed by atoms with van der Waals surface area (Å²) in [6.45, 7) is 6.40. The highest BCUT2D eigenvalue weighted by Crippen LogP contribution is 2.39. The van der Waals surface area contributed by atoms with Crippen molar-refractivity contribution in [1.29, 1.82) is 0 Å². The number of benzene rings is 2. The fourth-order valence-corrected chi connectivity index (χ4v) is 5.06. The molecule has 2 aromatic carbocycles. The molecule has 2 aromatic heterocycles. The van der Waals surface area contributed by atoms with Crippen LogP contribution in [0.4, 0.5) is 14.6 Å². The molecule has 4 aromatic rings. The Kier molecular flexibility index (Phi) is 6.01. The molecular formula is C27H28F2N4O2. The lowest BCUT2D eigenvalue weighted by atomic mass is 9.94. The van der Waals surface area contributed by atoms with E-state index in [0.29, 0.717) is 51.9 Å². The van der Waals surface area contributed by atoms with Crippen LogP contribution in [0.25, 0.3) is 32.9 Å². The molecule has 1 saturated heterocycles. The second-order valence-corrected chi connectivity index (χ2v) is 9.39. The molecule has 1 fully saturated rings. The van der Waals surface area contributed by atoms with Gasteiger partial charge in [0.2, 0.25) is 0 Å². The first-order valence-electron chi connectivity index (χ1n) is 12.0. The van der Waals surface area contributed by atoms with Gasteiger partial charge in [-0.15, -0.1) is 0 Å². The molecule has 0 spiro atoms. The maximum absolute atomic E-state index is 16.2. The first-order valence-corrected chi connectivity index (χ1v) is 12.0. The Morgan fingerprint density at radius 2 is 1.97 bits per heavy atom. The predicted octanol–water partition coefficient (Wildman–Crippen LogP) is 5.48. The molecule has 0 saturated carbocycles. The number of rotatable bonds is 5. The van der Waals surface area contributed by atoms with Crippen molar-refractivity contribution >= 4 is 27.5 Å². The molecule has 0 radical (unpaired) electrons. The van der Waals surface area contributed by atoms with Gasteiger partial charge in [-0.25, -0.2) is 18.7 Å². The van der Waals surface area contributed by atoms with Crippen LogP contribution in [0.2, 0.25) is 0 Å². The Hall–Kier alpha value is -3.39. The molecule has 1 aliphatic heterocycles. The highest BCUT2D eigenvalue weighted by atomic mass is 19.1. The topological polar surface area (TPSA) is 82.4 Å². The highest BCUT2D eigenvalue weighted by molar-refractivity contribution is 6.01. The molecule has 5 rings (SSSR count). The van der Waals surface area contributed by atoms with Crippen molar-refractivity contribution in [2.24, 2.45) is 0 Å². The molecule has 2 N–H and O–H groups in total. The van der Waals surface area contributed by atoms with Gasteiger partial charge in [0.1, 0.15) is 34.4 Å². The molecule has 1 atom stereocenters. The minimum Gasteiger partial charge on any atom is -0.508 e. The van der Waals surface area contributed by atoms with E-state index in [-0.39, 0.29) is 41.3 Å². The van der Waals surface area contributed by atoms with Gasteiger partial charge in [0.15, 0.2) is 5.82 Å². The Morgan fingerprint density at radius 3 is 2.69 bits per heavy atom. The average Bonchev–Trinajstić information content (AvgIpc) is 3.32. The number of hydrogen-bond donors (Lipinski definition) is 2. The number of aromatic nitrogens is 3. The van der Waals surface area contributed by atoms with E-state index in [1.165, 1.54) is 18.2 Å². The predicted molar refractivity (Wildman–Crippen MR) is 133 cm³/mol. The van der Waals surface area contributed by atoms with Gasteiger partial charge in [0.05, 0.1) is 18.0 Å². The van der Waals surface area contributed by atoms with Crippen molar-refractivity contribution < 1.29 is 19.0 Å². The lowest BCUT2D eigenvalue weighted by molar-refractivity contribution is 0.266. The number of nitrogens with zero attached hydrogens (tertiary/aromatic N) is 4. The molecule has 0 aliphatic carbocycles. The number of halogens is 2. The van der Waals surface area contributed by atoms with Crippen LogP contribution in [0.1, 0.15) is 50.9 Å². The molecule has 182 valence electrons. The average molecular weight is 479 g/mol. The smallest absolute Gasteiger partial charge is 0.175 e. The number of pyridine rings is 1. The minimum absolute atomic E-state index is 0.00168. The van der Waals surface area contributed by atoms with Crippen LogP contribution in [0.15, 0.2) is 30.5 Å². The summed E-state index contributed by atoms with van der Waals surface area (Å²) < 4.78 is 30.9. The Labute approximate surface area is 202 Å². The maximum Gasteiger partial charge on any atom is 0.175 e. The normalized spacial score (nSPS) is 16.2. The van der Waals surface area contributed by atoms with Crippen molar-refractivity contribution in [2.75, 3.05) is 18.1 Å². The van der Waals surface area contributed by atoms with Crippen molar-refractivity contribution in [1.82, 2.24) is 15.0 Å². The summed E-state index contributed by atoms with van der Waals surface area (Å²) in [6, 6.07) is 5.80. The van der Waals surface area contributed by atoms with Crippen LogP contribution in [0.5, 0.6) is 5.75 Å². The fraction of sp³-hybridized carbons (Fsp3) is 0.370. The lowest BCUT2D eigenvalue weighted by Gasteiger charge is -2.26. The standard InChI is InChI=1S/C27H28F2N4O2/c1-4-18-21(28)8-7-15-10-17(35)11-19(22(15)18)24-23(29)25-20(12-30-24)27(32-26(31-25)14(2)3)33-9-5-6-16(33)13-34/h7-8,10-12,14,16,34-35H,4-6,9,13H2,1-3H3/t16-/m0/s1. The molecule has 0 amide bonds. The Bertz CT molecular complexity index is 1440. The second-order valence-electron chi connectivity index (χ2n) is 9.39. The molecule has 3 heterocycles. The number of aliphatic hydroxyl groups is 1. The van der Waals surface area contributed by atoms with Crippen molar-refractivity contribution in [3.05, 3.63) is 53.5 Å². The zero-order chi connectivity index (χ0) is 24.9. The number of phenolic OH excluding ortho intramolecular Hbond substituents is 1. The molecule has 0 unspecified atom stereocenters. The largest absolute Gasteiger partial charge is 0.508 e. The van der Waals surface area contributed by atoms with Crippen molar-refractivity contribution in [3.8, 4) is 17.0 Å². The SMILES string of the molecule is CCc1c(F)ccc2cc(O)cc(-c3ncc4c(N5CCC[C@H]5CO)nc(C(C)C)nc4c3F)c12. The summed E-state index contributed by atoms with van der Waals surface area (Å²) in [7, 11) is 0. The van der Waals surface area contributed by atoms with Crippen molar-refractivity contribution in [2.45, 2.75) is 52.0 Å². The maximum atomic E-state index is 16.2. The van der Waals surface area contributed by atoms with E-state index in [2.05, 4.69) is 9.97 Å². The highest BCUT2D eigenvalue weighted by Gasteiger charge is 2.29. The third-order valence-corrected chi connectivity index (χ3v) is 6.82. The zero-order valence-corrected chi connectivity index (χ0v) is 20.0. The van der Waals surface area contributed by atoms with Crippen LogP contribution in [-0.2, 0) is 6.42 Å². The van der Waals surface area contributed by atoms with Crippen LogP contribution in [-0.4, -0.2) is 44.4 Å². The van der Waals surface area contributed by atoms with Gasteiger partial charge in [0.25, 0.3) is 0 Å². The number of anilines is 1. The van der Waals surface area contributed by atoms with Gasteiger partial charge >= 0.3 is 0 Å². The monoisotopic (exact) mass is 478 g/mol.